The van der Waals surface area contributed by atoms with Crippen LogP contribution in [0.5, 0.6) is 5.75 Å². The van der Waals surface area contributed by atoms with Crippen LogP contribution in [0.3, 0.4) is 0 Å². The van der Waals surface area contributed by atoms with Crippen LogP contribution in [0.25, 0.3) is 32.4 Å². The summed E-state index contributed by atoms with van der Waals surface area (Å²) >= 11 is 0. The second-order valence-corrected chi connectivity index (χ2v) is 5.32. The molecule has 1 heterocycles. The predicted molar refractivity (Wildman–Crippen MR) is 77.8 cm³/mol. The van der Waals surface area contributed by atoms with Gasteiger partial charge in [0.2, 0.25) is 0 Å². The van der Waals surface area contributed by atoms with Crippen molar-refractivity contribution in [1.82, 2.24) is 4.98 Å². The molecule has 0 radical (unpaired) electrons. The van der Waals surface area contributed by atoms with Gasteiger partial charge in [0.25, 0.3) is 0 Å². The van der Waals surface area contributed by atoms with Gasteiger partial charge in [-0.15, -0.1) is 0 Å². The molecule has 0 atom stereocenters. The Labute approximate surface area is 109 Å². The summed E-state index contributed by atoms with van der Waals surface area (Å²) in [5, 5.41) is 15.9. The van der Waals surface area contributed by atoms with Crippen molar-refractivity contribution in [2.75, 3.05) is 0 Å². The van der Waals surface area contributed by atoms with Crippen LogP contribution in [0.15, 0.2) is 42.5 Å². The number of phenols is 1. The zero-order valence-corrected chi connectivity index (χ0v) is 10.2. The Kier molecular flexibility index (Phi) is 1.45. The van der Waals surface area contributed by atoms with Gasteiger partial charge in [-0.3, -0.25) is 0 Å². The fraction of sp³-hybridized carbons (Fsp3) is 0.0588. The second kappa shape index (κ2) is 2.91. The van der Waals surface area contributed by atoms with Gasteiger partial charge in [0.1, 0.15) is 5.75 Å². The second-order valence-electron chi connectivity index (χ2n) is 5.32. The molecule has 2 heteroatoms. The number of nitrogens with one attached hydrogen (secondary N) is 1. The number of hydrogen-bond acceptors (Lipinski definition) is 1. The number of aromatic amines is 1. The van der Waals surface area contributed by atoms with Crippen molar-refractivity contribution < 1.29 is 5.11 Å². The van der Waals surface area contributed by atoms with E-state index in [0.29, 0.717) is 5.75 Å². The maximum absolute atomic E-state index is 9.79. The molecule has 0 unspecified atom stereocenters. The van der Waals surface area contributed by atoms with E-state index in [2.05, 4.69) is 29.2 Å². The summed E-state index contributed by atoms with van der Waals surface area (Å²) in [5.74, 6) is 0.327. The van der Waals surface area contributed by atoms with Crippen LogP contribution in [0.4, 0.5) is 0 Å². The van der Waals surface area contributed by atoms with Crippen LogP contribution in [-0.4, -0.2) is 10.1 Å². The third kappa shape index (κ3) is 1.11. The number of benzene rings is 3. The molecule has 2 nitrogen and oxygen atoms in total. The van der Waals surface area contributed by atoms with Crippen LogP contribution in [0.1, 0.15) is 11.3 Å². The van der Waals surface area contributed by atoms with Crippen molar-refractivity contribution in [2.45, 2.75) is 6.42 Å². The molecule has 0 bridgehead atoms. The molecule has 1 aliphatic rings. The lowest BCUT2D eigenvalue weighted by molar-refractivity contribution is 0.476. The average Bonchev–Trinajstić information content (AvgIpc) is 3.09. The van der Waals surface area contributed by atoms with E-state index in [1.165, 1.54) is 38.3 Å². The normalized spacial score (nSPS) is 13.3. The molecule has 0 amide bonds. The first kappa shape index (κ1) is 9.45. The van der Waals surface area contributed by atoms with Gasteiger partial charge in [-0.1, -0.05) is 24.3 Å². The van der Waals surface area contributed by atoms with Gasteiger partial charge in [-0.25, -0.2) is 0 Å². The fourth-order valence-electron chi connectivity index (χ4n) is 3.21. The number of rotatable bonds is 0. The molecule has 90 valence electrons. The lowest BCUT2D eigenvalue weighted by atomic mass is 9.98. The Bertz CT molecular complexity index is 995. The van der Waals surface area contributed by atoms with Crippen molar-refractivity contribution in [3.05, 3.63) is 53.7 Å². The zero-order valence-electron chi connectivity index (χ0n) is 10.2. The van der Waals surface area contributed by atoms with Crippen molar-refractivity contribution >= 4 is 32.4 Å². The Morgan fingerprint density at radius 1 is 0.895 bits per heavy atom. The molecule has 3 aromatic carbocycles. The molecule has 5 rings (SSSR count). The fourth-order valence-corrected chi connectivity index (χ4v) is 3.21. The van der Waals surface area contributed by atoms with E-state index in [0.717, 1.165) is 11.8 Å². The smallest absolute Gasteiger partial charge is 0.116 e. The van der Waals surface area contributed by atoms with E-state index >= 15 is 0 Å². The van der Waals surface area contributed by atoms with E-state index < -0.39 is 0 Å². The minimum atomic E-state index is 0.327. The summed E-state index contributed by atoms with van der Waals surface area (Å²) in [6.07, 6.45) is 1.08. The summed E-state index contributed by atoms with van der Waals surface area (Å²) in [6.45, 7) is 0. The number of H-pyrrole nitrogens is 1. The van der Waals surface area contributed by atoms with Gasteiger partial charge in [0.05, 0.1) is 0 Å². The number of aromatic nitrogens is 1. The Balaban J connectivity index is 2.15. The van der Waals surface area contributed by atoms with Gasteiger partial charge in [-0.05, 0) is 45.3 Å². The summed E-state index contributed by atoms with van der Waals surface area (Å²) in [5.41, 5.74) is 4.01. The number of phenolic OH excluding ortho intramolecular Hbond substituents is 1. The van der Waals surface area contributed by atoms with Gasteiger partial charge < -0.3 is 10.1 Å². The quantitative estimate of drug-likeness (QED) is 0.396. The zero-order chi connectivity index (χ0) is 12.6. The molecule has 0 fully saturated rings. The summed E-state index contributed by atoms with van der Waals surface area (Å²) in [6, 6.07) is 14.2. The summed E-state index contributed by atoms with van der Waals surface area (Å²) in [7, 11) is 0. The van der Waals surface area contributed by atoms with Gasteiger partial charge in [0.15, 0.2) is 0 Å². The minimum absolute atomic E-state index is 0.327. The maximum Gasteiger partial charge on any atom is 0.116 e. The Hall–Kier alpha value is -2.48. The van der Waals surface area contributed by atoms with Gasteiger partial charge >= 0.3 is 0 Å². The molecular weight excluding hydrogens is 234 g/mol. The van der Waals surface area contributed by atoms with Crippen molar-refractivity contribution in [1.29, 1.82) is 0 Å². The largest absolute Gasteiger partial charge is 0.508 e. The molecule has 0 spiro atoms. The van der Waals surface area contributed by atoms with Gasteiger partial charge in [0, 0.05) is 23.0 Å². The van der Waals surface area contributed by atoms with Crippen LogP contribution in [-0.2, 0) is 6.42 Å². The lowest BCUT2D eigenvalue weighted by Crippen LogP contribution is -1.81. The molecule has 0 saturated carbocycles. The molecule has 0 aliphatic heterocycles. The first-order chi connectivity index (χ1) is 9.31. The first-order valence-corrected chi connectivity index (χ1v) is 6.49. The van der Waals surface area contributed by atoms with E-state index in [4.69, 9.17) is 0 Å². The third-order valence-electron chi connectivity index (χ3n) is 4.17. The standard InChI is InChI=1S/C17H11NO/c19-11-5-3-9-1-2-10-4-6-14-17(13-8-15(13)18-14)16(10)12(9)7-11/h1-7,18-19H,8H2. The minimum Gasteiger partial charge on any atom is -0.508 e. The molecule has 1 aromatic heterocycles. The number of hydrogen-bond donors (Lipinski definition) is 2. The molecule has 1 aliphatic carbocycles. The summed E-state index contributed by atoms with van der Waals surface area (Å²) in [4.78, 5) is 3.46. The number of fused-ring (bicyclic) bond motifs is 7. The molecule has 2 N–H and O–H groups in total. The van der Waals surface area contributed by atoms with Crippen molar-refractivity contribution in [3.63, 3.8) is 0 Å². The van der Waals surface area contributed by atoms with Crippen molar-refractivity contribution in [3.8, 4) is 5.75 Å². The number of aromatic hydroxyl groups is 1. The average molecular weight is 245 g/mol. The van der Waals surface area contributed by atoms with Crippen LogP contribution >= 0.6 is 0 Å². The highest BCUT2D eigenvalue weighted by atomic mass is 16.3. The van der Waals surface area contributed by atoms with Crippen LogP contribution in [0.2, 0.25) is 0 Å². The summed E-state index contributed by atoms with van der Waals surface area (Å²) < 4.78 is 0. The molecule has 19 heavy (non-hydrogen) atoms. The van der Waals surface area contributed by atoms with Crippen LogP contribution < -0.4 is 0 Å². The van der Waals surface area contributed by atoms with E-state index in [9.17, 15) is 5.11 Å². The maximum atomic E-state index is 9.79. The van der Waals surface area contributed by atoms with Crippen LogP contribution in [0, 0.1) is 0 Å². The molecule has 4 aromatic rings. The predicted octanol–water partition coefficient (Wildman–Crippen LogP) is 4.08. The highest BCUT2D eigenvalue weighted by Gasteiger charge is 2.25. The Morgan fingerprint density at radius 3 is 2.63 bits per heavy atom. The SMILES string of the molecule is Oc1ccc2ccc3ccc4[nH]c5c(c4c3c2c1)C5. The third-order valence-corrected chi connectivity index (χ3v) is 4.17. The molecular formula is C17H11NO. The van der Waals surface area contributed by atoms with E-state index in [1.54, 1.807) is 6.07 Å². The first-order valence-electron chi connectivity index (χ1n) is 6.49. The lowest BCUT2D eigenvalue weighted by Gasteiger charge is -2.07. The van der Waals surface area contributed by atoms with E-state index in [1.807, 2.05) is 12.1 Å². The van der Waals surface area contributed by atoms with Crippen molar-refractivity contribution in [2.24, 2.45) is 0 Å². The molecule has 0 saturated heterocycles. The van der Waals surface area contributed by atoms with E-state index in [-0.39, 0.29) is 0 Å². The highest BCUT2D eigenvalue weighted by Crippen LogP contribution is 2.42. The van der Waals surface area contributed by atoms with Gasteiger partial charge in [-0.2, -0.15) is 0 Å². The monoisotopic (exact) mass is 245 g/mol. The Morgan fingerprint density at radius 2 is 1.68 bits per heavy atom. The topological polar surface area (TPSA) is 36.0 Å². The highest BCUT2D eigenvalue weighted by molar-refractivity contribution is 6.22.